The summed E-state index contributed by atoms with van der Waals surface area (Å²) in [7, 11) is 0. The van der Waals surface area contributed by atoms with Crippen molar-refractivity contribution in [3.05, 3.63) is 107 Å². The molecule has 1 aliphatic heterocycles. The average Bonchev–Trinajstić information content (AvgIpc) is 2.96. The molecule has 1 unspecified atom stereocenters. The van der Waals surface area contributed by atoms with Gasteiger partial charge in [0, 0.05) is 11.1 Å². The molecule has 1 fully saturated rings. The largest absolute Gasteiger partial charge is 0.507 e. The lowest BCUT2D eigenvalue weighted by Gasteiger charge is -2.35. The van der Waals surface area contributed by atoms with Crippen LogP contribution in [0.2, 0.25) is 0 Å². The van der Waals surface area contributed by atoms with Crippen molar-refractivity contribution in [3.8, 4) is 0 Å². The molecule has 0 spiro atoms. The second-order valence-corrected chi connectivity index (χ2v) is 7.39. The lowest BCUT2D eigenvalue weighted by atomic mass is 9.91. The predicted molar refractivity (Wildman–Crippen MR) is 115 cm³/mol. The lowest BCUT2D eigenvalue weighted by molar-refractivity contribution is -0.132. The number of amides is 1. The molecular weight excluding hydrogens is 378 g/mol. The standard InChI is InChI=1S/C25H21NO4/c1-16-13-14-20(17(2)15-16)26-24(29)23(28)21(22(27)18-9-5-3-6-10-18)25(26,30)19-11-7-4-8-12-19/h3-15,27,30H,1-2H3/b22-21+. The Morgan fingerprint density at radius 1 is 0.867 bits per heavy atom. The SMILES string of the molecule is Cc1ccc(N2C(=O)C(=O)/C(=C(\O)c3ccccc3)C2(O)c2ccccc2)c(C)c1. The van der Waals surface area contributed by atoms with E-state index in [0.717, 1.165) is 16.0 Å². The fourth-order valence-corrected chi connectivity index (χ4v) is 3.92. The zero-order valence-corrected chi connectivity index (χ0v) is 16.7. The number of carbonyl (C=O) groups excluding carboxylic acids is 2. The molecule has 0 aliphatic carbocycles. The molecule has 3 aromatic rings. The minimum atomic E-state index is -2.16. The molecule has 30 heavy (non-hydrogen) atoms. The first kappa shape index (κ1) is 19.6. The molecule has 1 saturated heterocycles. The molecule has 0 aromatic heterocycles. The molecule has 150 valence electrons. The van der Waals surface area contributed by atoms with Crippen LogP contribution in [0.4, 0.5) is 5.69 Å². The number of hydrogen-bond acceptors (Lipinski definition) is 4. The van der Waals surface area contributed by atoms with E-state index < -0.39 is 23.2 Å². The summed E-state index contributed by atoms with van der Waals surface area (Å²) in [6, 6.07) is 22.2. The van der Waals surface area contributed by atoms with Gasteiger partial charge in [-0.2, -0.15) is 0 Å². The van der Waals surface area contributed by atoms with Crippen LogP contribution in [0.25, 0.3) is 5.76 Å². The van der Waals surface area contributed by atoms with E-state index in [1.165, 1.54) is 0 Å². The van der Waals surface area contributed by atoms with E-state index >= 15 is 0 Å². The third-order valence-electron chi connectivity index (χ3n) is 5.35. The van der Waals surface area contributed by atoms with Gasteiger partial charge in [0.2, 0.25) is 5.72 Å². The van der Waals surface area contributed by atoms with E-state index in [-0.39, 0.29) is 5.57 Å². The highest BCUT2D eigenvalue weighted by Gasteiger charge is 2.58. The summed E-state index contributed by atoms with van der Waals surface area (Å²) in [4.78, 5) is 27.3. The van der Waals surface area contributed by atoms with Crippen LogP contribution in [-0.2, 0) is 15.3 Å². The zero-order chi connectivity index (χ0) is 21.5. The molecule has 0 bridgehead atoms. The number of Topliss-reactive ketones (excluding diaryl/α,β-unsaturated/α-hetero) is 1. The van der Waals surface area contributed by atoms with Crippen molar-refractivity contribution < 1.29 is 19.8 Å². The number of aryl methyl sites for hydroxylation is 2. The Bertz CT molecular complexity index is 1170. The molecule has 3 aromatic carbocycles. The average molecular weight is 399 g/mol. The summed E-state index contributed by atoms with van der Waals surface area (Å²) >= 11 is 0. The Morgan fingerprint density at radius 2 is 1.47 bits per heavy atom. The fraction of sp³-hybridized carbons (Fsp3) is 0.120. The maximum atomic E-state index is 13.1. The highest BCUT2D eigenvalue weighted by Crippen LogP contribution is 2.46. The minimum absolute atomic E-state index is 0.307. The molecule has 1 aliphatic rings. The molecule has 5 nitrogen and oxygen atoms in total. The Kier molecular flexibility index (Phi) is 4.76. The third kappa shape index (κ3) is 2.91. The van der Waals surface area contributed by atoms with Crippen molar-refractivity contribution in [3.63, 3.8) is 0 Å². The second kappa shape index (κ2) is 7.28. The summed E-state index contributed by atoms with van der Waals surface area (Å²) in [5, 5.41) is 23.0. The number of hydrogen-bond donors (Lipinski definition) is 2. The number of aliphatic hydroxyl groups is 2. The van der Waals surface area contributed by atoms with Gasteiger partial charge in [0.25, 0.3) is 5.78 Å². The highest BCUT2D eigenvalue weighted by atomic mass is 16.3. The van der Waals surface area contributed by atoms with Crippen LogP contribution in [-0.4, -0.2) is 21.9 Å². The minimum Gasteiger partial charge on any atom is -0.507 e. The maximum absolute atomic E-state index is 13.1. The number of anilines is 1. The third-order valence-corrected chi connectivity index (χ3v) is 5.35. The summed E-state index contributed by atoms with van der Waals surface area (Å²) in [5.74, 6) is -2.26. The zero-order valence-electron chi connectivity index (χ0n) is 16.7. The van der Waals surface area contributed by atoms with Gasteiger partial charge in [-0.25, -0.2) is 0 Å². The summed E-state index contributed by atoms with van der Waals surface area (Å²) < 4.78 is 0. The van der Waals surface area contributed by atoms with Crippen LogP contribution in [0.1, 0.15) is 22.3 Å². The van der Waals surface area contributed by atoms with E-state index in [0.29, 0.717) is 16.8 Å². The Morgan fingerprint density at radius 3 is 2.07 bits per heavy atom. The van der Waals surface area contributed by atoms with E-state index in [9.17, 15) is 19.8 Å². The van der Waals surface area contributed by atoms with Crippen LogP contribution >= 0.6 is 0 Å². The van der Waals surface area contributed by atoms with Crippen molar-refractivity contribution in [2.24, 2.45) is 0 Å². The molecule has 4 rings (SSSR count). The van der Waals surface area contributed by atoms with E-state index in [1.807, 2.05) is 26.0 Å². The first-order valence-corrected chi connectivity index (χ1v) is 9.59. The van der Waals surface area contributed by atoms with E-state index in [1.54, 1.807) is 66.7 Å². The van der Waals surface area contributed by atoms with Gasteiger partial charge >= 0.3 is 5.91 Å². The van der Waals surface area contributed by atoms with Gasteiger partial charge in [-0.15, -0.1) is 0 Å². The lowest BCUT2D eigenvalue weighted by Crippen LogP contribution is -2.45. The quantitative estimate of drug-likeness (QED) is 0.396. The summed E-state index contributed by atoms with van der Waals surface area (Å²) in [5.41, 5.74) is 0.250. The number of carbonyl (C=O) groups is 2. The van der Waals surface area contributed by atoms with Gasteiger partial charge in [0.1, 0.15) is 11.3 Å². The molecule has 1 heterocycles. The van der Waals surface area contributed by atoms with Gasteiger partial charge < -0.3 is 10.2 Å². The monoisotopic (exact) mass is 399 g/mol. The van der Waals surface area contributed by atoms with Crippen molar-refractivity contribution in [2.75, 3.05) is 4.90 Å². The predicted octanol–water partition coefficient (Wildman–Crippen LogP) is 4.03. The van der Waals surface area contributed by atoms with Crippen LogP contribution < -0.4 is 4.90 Å². The van der Waals surface area contributed by atoms with Crippen molar-refractivity contribution >= 4 is 23.1 Å². The number of nitrogens with zero attached hydrogens (tertiary/aromatic N) is 1. The van der Waals surface area contributed by atoms with Gasteiger partial charge in [-0.1, -0.05) is 78.4 Å². The summed E-state index contributed by atoms with van der Waals surface area (Å²) in [6.45, 7) is 3.73. The molecule has 0 saturated carbocycles. The van der Waals surface area contributed by atoms with Crippen molar-refractivity contribution in [1.82, 2.24) is 0 Å². The molecule has 2 N–H and O–H groups in total. The number of ketones is 1. The van der Waals surface area contributed by atoms with Gasteiger partial charge in [0.15, 0.2) is 0 Å². The first-order chi connectivity index (χ1) is 14.4. The van der Waals surface area contributed by atoms with Crippen LogP contribution in [0, 0.1) is 13.8 Å². The topological polar surface area (TPSA) is 77.8 Å². The first-order valence-electron chi connectivity index (χ1n) is 9.59. The maximum Gasteiger partial charge on any atom is 0.302 e. The Balaban J connectivity index is 2.04. The smallest absolute Gasteiger partial charge is 0.302 e. The fourth-order valence-electron chi connectivity index (χ4n) is 3.92. The Hall–Kier alpha value is -3.70. The van der Waals surface area contributed by atoms with Gasteiger partial charge in [0.05, 0.1) is 5.69 Å². The summed E-state index contributed by atoms with van der Waals surface area (Å²) in [6.07, 6.45) is 0. The normalized spacial score (nSPS) is 20.6. The highest BCUT2D eigenvalue weighted by molar-refractivity contribution is 6.52. The van der Waals surface area contributed by atoms with E-state index in [2.05, 4.69) is 0 Å². The Labute approximate surface area is 174 Å². The van der Waals surface area contributed by atoms with Gasteiger partial charge in [-0.3, -0.25) is 14.5 Å². The molecule has 0 radical (unpaired) electrons. The second-order valence-electron chi connectivity index (χ2n) is 7.39. The number of rotatable bonds is 3. The van der Waals surface area contributed by atoms with E-state index in [4.69, 9.17) is 0 Å². The number of aliphatic hydroxyl groups excluding tert-OH is 1. The molecule has 5 heteroatoms. The van der Waals surface area contributed by atoms with Crippen LogP contribution in [0.3, 0.4) is 0 Å². The van der Waals surface area contributed by atoms with Crippen LogP contribution in [0.5, 0.6) is 0 Å². The number of benzene rings is 3. The van der Waals surface area contributed by atoms with Crippen LogP contribution in [0.15, 0.2) is 84.4 Å². The molecular formula is C25H21NO4. The van der Waals surface area contributed by atoms with Gasteiger partial charge in [-0.05, 0) is 25.5 Å². The van der Waals surface area contributed by atoms with Crippen molar-refractivity contribution in [2.45, 2.75) is 19.6 Å². The molecule has 1 atom stereocenters. The molecule has 1 amide bonds. The van der Waals surface area contributed by atoms with Crippen molar-refractivity contribution in [1.29, 1.82) is 0 Å².